The van der Waals surface area contributed by atoms with Crippen molar-refractivity contribution >= 4 is 5.95 Å². The highest BCUT2D eigenvalue weighted by Crippen LogP contribution is 2.16. The smallest absolute Gasteiger partial charge is 0.324 e. The molecule has 1 N–H and O–H groups in total. The van der Waals surface area contributed by atoms with Gasteiger partial charge in [0.1, 0.15) is 0 Å². The van der Waals surface area contributed by atoms with Gasteiger partial charge in [0, 0.05) is 6.54 Å². The van der Waals surface area contributed by atoms with Crippen LogP contribution >= 0.6 is 0 Å². The second-order valence-electron chi connectivity index (χ2n) is 5.56. The van der Waals surface area contributed by atoms with Crippen LogP contribution in [-0.2, 0) is 0 Å². The van der Waals surface area contributed by atoms with E-state index < -0.39 is 0 Å². The Morgan fingerprint density at radius 2 is 1.71 bits per heavy atom. The molecule has 1 heterocycles. The molecule has 120 valence electrons. The first-order valence-electron chi connectivity index (χ1n) is 7.84. The van der Waals surface area contributed by atoms with E-state index >= 15 is 0 Å². The van der Waals surface area contributed by atoms with E-state index in [1.54, 1.807) is 0 Å². The summed E-state index contributed by atoms with van der Waals surface area (Å²) in [6.45, 7) is 11.9. The molecule has 6 nitrogen and oxygen atoms in total. The predicted molar refractivity (Wildman–Crippen MR) is 83.9 cm³/mol. The standard InChI is InChI=1S/C15H28N4O2/c1-6-8-16-13-17-14(20-9-7-2)19-15(18-13)21-12(5)10-11(3)4/h11-12H,6-10H2,1-5H3,(H,16,17,18,19). The van der Waals surface area contributed by atoms with Gasteiger partial charge in [-0.15, -0.1) is 4.98 Å². The second kappa shape index (κ2) is 9.37. The summed E-state index contributed by atoms with van der Waals surface area (Å²) < 4.78 is 11.3. The van der Waals surface area contributed by atoms with Gasteiger partial charge in [-0.1, -0.05) is 27.7 Å². The highest BCUT2D eigenvalue weighted by atomic mass is 16.5. The Bertz CT molecular complexity index is 386. The molecule has 1 aromatic rings. The summed E-state index contributed by atoms with van der Waals surface area (Å²) >= 11 is 0. The summed E-state index contributed by atoms with van der Waals surface area (Å²) in [5.74, 6) is 1.07. The molecule has 0 amide bonds. The van der Waals surface area contributed by atoms with Gasteiger partial charge in [-0.25, -0.2) is 0 Å². The molecule has 0 spiro atoms. The first-order valence-corrected chi connectivity index (χ1v) is 7.84. The molecular weight excluding hydrogens is 268 g/mol. The lowest BCUT2D eigenvalue weighted by Gasteiger charge is -2.16. The number of nitrogens with zero attached hydrogens (tertiary/aromatic N) is 3. The number of hydrogen-bond acceptors (Lipinski definition) is 6. The van der Waals surface area contributed by atoms with E-state index in [9.17, 15) is 0 Å². The van der Waals surface area contributed by atoms with E-state index in [1.807, 2.05) is 13.8 Å². The average Bonchev–Trinajstić information content (AvgIpc) is 2.41. The first-order chi connectivity index (χ1) is 10.0. The van der Waals surface area contributed by atoms with Crippen molar-refractivity contribution in [2.45, 2.75) is 60.0 Å². The van der Waals surface area contributed by atoms with E-state index in [0.29, 0.717) is 30.5 Å². The molecule has 0 aromatic carbocycles. The Morgan fingerprint density at radius 1 is 1.00 bits per heavy atom. The van der Waals surface area contributed by atoms with Gasteiger partial charge in [0.25, 0.3) is 0 Å². The Kier molecular flexibility index (Phi) is 7.79. The van der Waals surface area contributed by atoms with Crippen molar-refractivity contribution in [1.29, 1.82) is 0 Å². The topological polar surface area (TPSA) is 69.2 Å². The van der Waals surface area contributed by atoms with Crippen LogP contribution in [0.15, 0.2) is 0 Å². The normalized spacial score (nSPS) is 12.3. The zero-order valence-electron chi connectivity index (χ0n) is 13.8. The van der Waals surface area contributed by atoms with Crippen molar-refractivity contribution in [1.82, 2.24) is 15.0 Å². The fourth-order valence-corrected chi connectivity index (χ4v) is 1.86. The van der Waals surface area contributed by atoms with Crippen molar-refractivity contribution in [3.05, 3.63) is 0 Å². The van der Waals surface area contributed by atoms with Crippen molar-refractivity contribution in [3.8, 4) is 12.0 Å². The van der Waals surface area contributed by atoms with Crippen LogP contribution in [0.1, 0.15) is 53.9 Å². The monoisotopic (exact) mass is 296 g/mol. The van der Waals surface area contributed by atoms with Crippen LogP contribution in [0.5, 0.6) is 12.0 Å². The Morgan fingerprint density at radius 3 is 2.33 bits per heavy atom. The minimum Gasteiger partial charge on any atom is -0.463 e. The van der Waals surface area contributed by atoms with Gasteiger partial charge in [-0.3, -0.25) is 0 Å². The summed E-state index contributed by atoms with van der Waals surface area (Å²) in [6.07, 6.45) is 2.92. The van der Waals surface area contributed by atoms with Gasteiger partial charge in [-0.2, -0.15) is 9.97 Å². The predicted octanol–water partition coefficient (Wildman–Crippen LogP) is 3.30. The minimum absolute atomic E-state index is 0.0606. The molecule has 0 fully saturated rings. The van der Waals surface area contributed by atoms with Gasteiger partial charge in [-0.05, 0) is 32.1 Å². The van der Waals surface area contributed by atoms with Crippen LogP contribution < -0.4 is 14.8 Å². The van der Waals surface area contributed by atoms with Gasteiger partial charge in [0.05, 0.1) is 12.7 Å². The summed E-state index contributed by atoms with van der Waals surface area (Å²) in [5.41, 5.74) is 0. The third-order valence-corrected chi connectivity index (χ3v) is 2.67. The molecule has 0 aliphatic heterocycles. The highest BCUT2D eigenvalue weighted by Gasteiger charge is 2.12. The lowest BCUT2D eigenvalue weighted by Crippen LogP contribution is -2.17. The van der Waals surface area contributed by atoms with E-state index in [4.69, 9.17) is 9.47 Å². The molecule has 1 aromatic heterocycles. The van der Waals surface area contributed by atoms with Crippen LogP contribution in [-0.4, -0.2) is 34.2 Å². The molecule has 0 aliphatic rings. The van der Waals surface area contributed by atoms with E-state index in [2.05, 4.69) is 41.0 Å². The van der Waals surface area contributed by atoms with Gasteiger partial charge in [0.15, 0.2) is 0 Å². The maximum absolute atomic E-state index is 5.78. The van der Waals surface area contributed by atoms with Crippen molar-refractivity contribution in [2.24, 2.45) is 5.92 Å². The number of rotatable bonds is 10. The number of aromatic nitrogens is 3. The summed E-state index contributed by atoms with van der Waals surface area (Å²) in [7, 11) is 0. The summed E-state index contributed by atoms with van der Waals surface area (Å²) in [5, 5.41) is 3.14. The molecule has 0 radical (unpaired) electrons. The molecule has 0 saturated carbocycles. The van der Waals surface area contributed by atoms with Crippen molar-refractivity contribution < 1.29 is 9.47 Å². The van der Waals surface area contributed by atoms with Crippen LogP contribution in [0.25, 0.3) is 0 Å². The number of ether oxygens (including phenoxy) is 2. The molecule has 0 bridgehead atoms. The van der Waals surface area contributed by atoms with Crippen LogP contribution in [0.2, 0.25) is 0 Å². The zero-order chi connectivity index (χ0) is 15.7. The quantitative estimate of drug-likeness (QED) is 0.714. The van der Waals surface area contributed by atoms with Crippen LogP contribution in [0, 0.1) is 5.92 Å². The molecule has 6 heteroatoms. The van der Waals surface area contributed by atoms with Gasteiger partial charge >= 0.3 is 12.0 Å². The lowest BCUT2D eigenvalue weighted by atomic mass is 10.1. The summed E-state index contributed by atoms with van der Waals surface area (Å²) in [6, 6.07) is 0.639. The van der Waals surface area contributed by atoms with Crippen LogP contribution in [0.3, 0.4) is 0 Å². The maximum Gasteiger partial charge on any atom is 0.324 e. The third-order valence-electron chi connectivity index (χ3n) is 2.67. The average molecular weight is 296 g/mol. The Balaban J connectivity index is 2.79. The van der Waals surface area contributed by atoms with Gasteiger partial charge in [0.2, 0.25) is 5.95 Å². The lowest BCUT2D eigenvalue weighted by molar-refractivity contribution is 0.173. The van der Waals surface area contributed by atoms with E-state index in [-0.39, 0.29) is 6.10 Å². The molecule has 1 rings (SSSR count). The molecular formula is C15H28N4O2. The number of nitrogens with one attached hydrogen (secondary N) is 1. The molecule has 1 unspecified atom stereocenters. The Labute approximate surface area is 127 Å². The number of anilines is 1. The SMILES string of the molecule is CCCNc1nc(OCCC)nc(OC(C)CC(C)C)n1. The highest BCUT2D eigenvalue weighted by molar-refractivity contribution is 5.27. The zero-order valence-corrected chi connectivity index (χ0v) is 13.8. The third kappa shape index (κ3) is 7.11. The second-order valence-corrected chi connectivity index (χ2v) is 5.56. The van der Waals surface area contributed by atoms with E-state index in [0.717, 1.165) is 25.8 Å². The van der Waals surface area contributed by atoms with Gasteiger partial charge < -0.3 is 14.8 Å². The van der Waals surface area contributed by atoms with Crippen molar-refractivity contribution in [2.75, 3.05) is 18.5 Å². The molecule has 1 atom stereocenters. The van der Waals surface area contributed by atoms with Crippen molar-refractivity contribution in [3.63, 3.8) is 0 Å². The van der Waals surface area contributed by atoms with Crippen LogP contribution in [0.4, 0.5) is 5.95 Å². The molecule has 0 saturated heterocycles. The molecule has 21 heavy (non-hydrogen) atoms. The number of hydrogen-bond donors (Lipinski definition) is 1. The Hall–Kier alpha value is -1.59. The fraction of sp³-hybridized carbons (Fsp3) is 0.800. The first kappa shape index (κ1) is 17.5. The minimum atomic E-state index is 0.0606. The van der Waals surface area contributed by atoms with E-state index in [1.165, 1.54) is 0 Å². The fourth-order valence-electron chi connectivity index (χ4n) is 1.86. The summed E-state index contributed by atoms with van der Waals surface area (Å²) in [4.78, 5) is 12.8. The molecule has 0 aliphatic carbocycles. The largest absolute Gasteiger partial charge is 0.463 e. The maximum atomic E-state index is 5.78.